The lowest BCUT2D eigenvalue weighted by molar-refractivity contribution is 0.0746. The molecule has 2 aliphatic heterocycles. The largest absolute Gasteiger partial charge is 0.353 e. The third-order valence-corrected chi connectivity index (χ3v) is 6.19. The van der Waals surface area contributed by atoms with E-state index in [4.69, 9.17) is 4.98 Å². The van der Waals surface area contributed by atoms with Crippen LogP contribution in [0, 0.1) is 6.92 Å². The quantitative estimate of drug-likeness (QED) is 0.739. The van der Waals surface area contributed by atoms with Crippen molar-refractivity contribution in [1.29, 1.82) is 0 Å². The fraction of sp³-hybridized carbons (Fsp3) is 0.476. The van der Waals surface area contributed by atoms with Crippen LogP contribution in [0.5, 0.6) is 0 Å². The molecular formula is C21H27N5OS. The molecule has 4 rings (SSSR count). The number of hydrogen-bond donors (Lipinski definition) is 0. The van der Waals surface area contributed by atoms with Gasteiger partial charge in [-0.15, -0.1) is 11.8 Å². The Kier molecular flexibility index (Phi) is 5.71. The maximum absolute atomic E-state index is 12.8. The zero-order valence-electron chi connectivity index (χ0n) is 16.6. The van der Waals surface area contributed by atoms with Crippen LogP contribution in [0.2, 0.25) is 0 Å². The van der Waals surface area contributed by atoms with Gasteiger partial charge in [0.15, 0.2) is 0 Å². The minimum absolute atomic E-state index is 0.115. The third kappa shape index (κ3) is 4.09. The summed E-state index contributed by atoms with van der Waals surface area (Å²) in [6.07, 6.45) is 4.47. The van der Waals surface area contributed by atoms with Crippen molar-refractivity contribution in [3.8, 4) is 0 Å². The SMILES string of the molecule is CSc1ccc(C(=O)N2CCN(c3cc(C)nc(N4CCCC4)n3)CC2)cc1. The van der Waals surface area contributed by atoms with Gasteiger partial charge in [-0.25, -0.2) is 4.98 Å². The Morgan fingerprint density at radius 2 is 1.61 bits per heavy atom. The van der Waals surface area contributed by atoms with E-state index in [1.54, 1.807) is 11.8 Å². The summed E-state index contributed by atoms with van der Waals surface area (Å²) in [5, 5.41) is 0. The predicted molar refractivity (Wildman–Crippen MR) is 115 cm³/mol. The Labute approximate surface area is 170 Å². The Hall–Kier alpha value is -2.28. The monoisotopic (exact) mass is 397 g/mol. The van der Waals surface area contributed by atoms with E-state index >= 15 is 0 Å². The van der Waals surface area contributed by atoms with E-state index in [0.29, 0.717) is 13.1 Å². The molecule has 0 N–H and O–H groups in total. The summed E-state index contributed by atoms with van der Waals surface area (Å²) in [7, 11) is 0. The van der Waals surface area contributed by atoms with Gasteiger partial charge in [-0.2, -0.15) is 4.98 Å². The number of aromatic nitrogens is 2. The van der Waals surface area contributed by atoms with Gasteiger partial charge in [0.05, 0.1) is 0 Å². The highest BCUT2D eigenvalue weighted by Crippen LogP contribution is 2.22. The first-order chi connectivity index (χ1) is 13.6. The molecule has 0 saturated carbocycles. The van der Waals surface area contributed by atoms with Crippen LogP contribution in [-0.2, 0) is 0 Å². The van der Waals surface area contributed by atoms with E-state index in [1.807, 2.05) is 42.3 Å². The van der Waals surface area contributed by atoms with Crippen molar-refractivity contribution >= 4 is 29.4 Å². The highest BCUT2D eigenvalue weighted by molar-refractivity contribution is 7.98. The Balaban J connectivity index is 1.41. The summed E-state index contributed by atoms with van der Waals surface area (Å²) >= 11 is 1.69. The van der Waals surface area contributed by atoms with Crippen molar-refractivity contribution in [2.45, 2.75) is 24.7 Å². The minimum atomic E-state index is 0.115. The van der Waals surface area contributed by atoms with Crippen LogP contribution in [0.25, 0.3) is 0 Å². The molecule has 0 aliphatic carbocycles. The maximum atomic E-state index is 12.8. The zero-order chi connectivity index (χ0) is 19.5. The van der Waals surface area contributed by atoms with Gasteiger partial charge in [0, 0.05) is 61.5 Å². The number of amides is 1. The highest BCUT2D eigenvalue weighted by Gasteiger charge is 2.24. The maximum Gasteiger partial charge on any atom is 0.253 e. The van der Waals surface area contributed by atoms with Crippen LogP contribution in [0.3, 0.4) is 0 Å². The zero-order valence-corrected chi connectivity index (χ0v) is 17.4. The summed E-state index contributed by atoms with van der Waals surface area (Å²) < 4.78 is 0. The topological polar surface area (TPSA) is 52.6 Å². The number of aryl methyl sites for hydroxylation is 1. The summed E-state index contributed by atoms with van der Waals surface area (Å²) in [6.45, 7) is 7.13. The molecule has 7 heteroatoms. The molecule has 0 unspecified atom stereocenters. The van der Waals surface area contributed by atoms with Crippen LogP contribution < -0.4 is 9.80 Å². The molecule has 1 amide bonds. The molecule has 28 heavy (non-hydrogen) atoms. The van der Waals surface area contributed by atoms with Gasteiger partial charge in [0.2, 0.25) is 5.95 Å². The van der Waals surface area contributed by atoms with E-state index < -0.39 is 0 Å². The van der Waals surface area contributed by atoms with Gasteiger partial charge in [-0.3, -0.25) is 4.79 Å². The van der Waals surface area contributed by atoms with Crippen molar-refractivity contribution in [3.63, 3.8) is 0 Å². The number of anilines is 2. The number of piperazine rings is 1. The van der Waals surface area contributed by atoms with Crippen molar-refractivity contribution in [2.75, 3.05) is 55.3 Å². The second-order valence-electron chi connectivity index (χ2n) is 7.37. The molecule has 2 aliphatic rings. The smallest absolute Gasteiger partial charge is 0.253 e. The number of hydrogen-bond acceptors (Lipinski definition) is 6. The molecule has 1 aromatic heterocycles. The fourth-order valence-corrected chi connectivity index (χ4v) is 4.22. The first-order valence-electron chi connectivity index (χ1n) is 9.93. The van der Waals surface area contributed by atoms with Crippen LogP contribution in [0.1, 0.15) is 28.9 Å². The first-order valence-corrected chi connectivity index (χ1v) is 11.2. The molecule has 6 nitrogen and oxygen atoms in total. The Morgan fingerprint density at radius 3 is 2.25 bits per heavy atom. The molecule has 3 heterocycles. The lowest BCUT2D eigenvalue weighted by Crippen LogP contribution is -2.49. The highest BCUT2D eigenvalue weighted by atomic mass is 32.2. The van der Waals surface area contributed by atoms with Gasteiger partial charge in [0.1, 0.15) is 5.82 Å². The molecule has 148 valence electrons. The van der Waals surface area contributed by atoms with E-state index in [2.05, 4.69) is 20.9 Å². The second-order valence-corrected chi connectivity index (χ2v) is 8.25. The van der Waals surface area contributed by atoms with Crippen molar-refractivity contribution in [1.82, 2.24) is 14.9 Å². The Bertz CT molecular complexity index is 827. The number of carbonyl (C=O) groups is 1. The van der Waals surface area contributed by atoms with Gasteiger partial charge < -0.3 is 14.7 Å². The predicted octanol–water partition coefficient (Wildman–Crippen LogP) is 3.07. The molecule has 2 fully saturated rings. The van der Waals surface area contributed by atoms with E-state index in [0.717, 1.165) is 49.2 Å². The molecule has 0 spiro atoms. The van der Waals surface area contributed by atoms with Crippen molar-refractivity contribution in [3.05, 3.63) is 41.6 Å². The molecule has 0 atom stereocenters. The van der Waals surface area contributed by atoms with Gasteiger partial charge in [-0.1, -0.05) is 0 Å². The van der Waals surface area contributed by atoms with E-state index in [1.165, 1.54) is 17.7 Å². The van der Waals surface area contributed by atoms with Crippen LogP contribution in [0.15, 0.2) is 35.2 Å². The van der Waals surface area contributed by atoms with Crippen molar-refractivity contribution in [2.24, 2.45) is 0 Å². The average Bonchev–Trinajstić information content (AvgIpc) is 3.28. The van der Waals surface area contributed by atoms with Crippen LogP contribution in [-0.4, -0.2) is 66.3 Å². The molecule has 2 aromatic rings. The normalized spacial score (nSPS) is 17.3. The van der Waals surface area contributed by atoms with Crippen LogP contribution >= 0.6 is 11.8 Å². The number of benzene rings is 1. The standard InChI is InChI=1S/C21H27N5OS/c1-16-15-19(23-21(22-16)26-9-3-4-10-26)24-11-13-25(14-12-24)20(27)17-5-7-18(28-2)8-6-17/h5-8,15H,3-4,9-14H2,1-2H3. The number of nitrogens with zero attached hydrogens (tertiary/aromatic N) is 5. The molecule has 0 bridgehead atoms. The molecule has 1 aromatic carbocycles. The molecule has 2 saturated heterocycles. The molecule has 0 radical (unpaired) electrons. The summed E-state index contributed by atoms with van der Waals surface area (Å²) in [6, 6.07) is 9.93. The summed E-state index contributed by atoms with van der Waals surface area (Å²) in [5.74, 6) is 1.94. The van der Waals surface area contributed by atoms with E-state index in [9.17, 15) is 4.79 Å². The molecular weight excluding hydrogens is 370 g/mol. The first kappa shape index (κ1) is 19.1. The summed E-state index contributed by atoms with van der Waals surface area (Å²) in [5.41, 5.74) is 1.76. The summed E-state index contributed by atoms with van der Waals surface area (Å²) in [4.78, 5) is 29.9. The van der Waals surface area contributed by atoms with Crippen LogP contribution in [0.4, 0.5) is 11.8 Å². The van der Waals surface area contributed by atoms with Gasteiger partial charge >= 0.3 is 0 Å². The number of thioether (sulfide) groups is 1. The average molecular weight is 398 g/mol. The lowest BCUT2D eigenvalue weighted by atomic mass is 10.2. The minimum Gasteiger partial charge on any atom is -0.353 e. The number of rotatable bonds is 4. The van der Waals surface area contributed by atoms with Gasteiger partial charge in [-0.05, 0) is 50.3 Å². The number of carbonyl (C=O) groups excluding carboxylic acids is 1. The van der Waals surface area contributed by atoms with Gasteiger partial charge in [0.25, 0.3) is 5.91 Å². The lowest BCUT2D eigenvalue weighted by Gasteiger charge is -2.35. The van der Waals surface area contributed by atoms with Crippen molar-refractivity contribution < 1.29 is 4.79 Å². The third-order valence-electron chi connectivity index (χ3n) is 5.45. The second kappa shape index (κ2) is 8.39. The van der Waals surface area contributed by atoms with E-state index in [-0.39, 0.29) is 5.91 Å². The fourth-order valence-electron chi connectivity index (χ4n) is 3.81. The Morgan fingerprint density at radius 1 is 0.929 bits per heavy atom.